The maximum atomic E-state index is 12.8. The highest BCUT2D eigenvalue weighted by Gasteiger charge is 2.27. The molecule has 2 aromatic heterocycles. The fourth-order valence-corrected chi connectivity index (χ4v) is 5.97. The van der Waals surface area contributed by atoms with Gasteiger partial charge < -0.3 is 10.2 Å². The van der Waals surface area contributed by atoms with Crippen LogP contribution in [0.15, 0.2) is 35.4 Å². The van der Waals surface area contributed by atoms with Gasteiger partial charge in [0.2, 0.25) is 11.8 Å². The number of aromatic nitrogens is 2. The lowest BCUT2D eigenvalue weighted by atomic mass is 9.96. The van der Waals surface area contributed by atoms with Crippen LogP contribution in [0.4, 0.5) is 5.69 Å². The van der Waals surface area contributed by atoms with Gasteiger partial charge in [-0.3, -0.25) is 9.59 Å². The molecule has 0 aliphatic carbocycles. The van der Waals surface area contributed by atoms with Gasteiger partial charge in [0.1, 0.15) is 15.7 Å². The molecule has 1 aliphatic rings. The lowest BCUT2D eigenvalue weighted by molar-refractivity contribution is -0.132. The second-order valence-electron chi connectivity index (χ2n) is 7.84. The fraction of sp³-hybridized carbons (Fsp3) is 0.391. The molecule has 4 rings (SSSR count). The zero-order valence-electron chi connectivity index (χ0n) is 18.0. The Hall–Kier alpha value is -2.45. The molecule has 31 heavy (non-hydrogen) atoms. The smallest absolute Gasteiger partial charge is 0.232 e. The molecule has 3 heterocycles. The number of hydrogen-bond acceptors (Lipinski definition) is 6. The van der Waals surface area contributed by atoms with Gasteiger partial charge in [0.25, 0.3) is 0 Å². The van der Waals surface area contributed by atoms with Gasteiger partial charge in [0.15, 0.2) is 0 Å². The Labute approximate surface area is 190 Å². The van der Waals surface area contributed by atoms with E-state index in [9.17, 15) is 9.59 Å². The van der Waals surface area contributed by atoms with Crippen LogP contribution >= 0.6 is 23.1 Å². The molecule has 162 valence electrons. The van der Waals surface area contributed by atoms with Crippen LogP contribution in [0.3, 0.4) is 0 Å². The van der Waals surface area contributed by atoms with E-state index in [0.717, 1.165) is 26.8 Å². The van der Waals surface area contributed by atoms with Crippen LogP contribution in [0.5, 0.6) is 0 Å². The summed E-state index contributed by atoms with van der Waals surface area (Å²) in [7, 11) is 0. The lowest BCUT2D eigenvalue weighted by Crippen LogP contribution is -2.42. The van der Waals surface area contributed by atoms with Crippen LogP contribution < -0.4 is 5.32 Å². The van der Waals surface area contributed by atoms with Gasteiger partial charge in [0, 0.05) is 35.0 Å². The Kier molecular flexibility index (Phi) is 6.57. The van der Waals surface area contributed by atoms with Crippen molar-refractivity contribution in [2.24, 2.45) is 5.92 Å². The molecule has 3 aromatic rings. The van der Waals surface area contributed by atoms with Gasteiger partial charge in [-0.05, 0) is 51.3 Å². The number of benzene rings is 1. The molecule has 0 spiro atoms. The number of hydrogen-bond donors (Lipinski definition) is 1. The predicted molar refractivity (Wildman–Crippen MR) is 127 cm³/mol. The van der Waals surface area contributed by atoms with Gasteiger partial charge in [-0.2, -0.15) is 0 Å². The summed E-state index contributed by atoms with van der Waals surface area (Å²) in [5.41, 5.74) is 2.01. The first-order chi connectivity index (χ1) is 14.9. The van der Waals surface area contributed by atoms with Gasteiger partial charge in [-0.25, -0.2) is 9.97 Å². The number of fused-ring (bicyclic) bond motifs is 1. The molecule has 1 N–H and O–H groups in total. The van der Waals surface area contributed by atoms with Crippen LogP contribution in [0.2, 0.25) is 0 Å². The van der Waals surface area contributed by atoms with Crippen molar-refractivity contribution in [3.8, 4) is 0 Å². The molecular weight excluding hydrogens is 428 g/mol. The highest BCUT2D eigenvalue weighted by atomic mass is 32.2. The fourth-order valence-electron chi connectivity index (χ4n) is 3.80. The number of carbonyl (C=O) groups is 2. The predicted octanol–water partition coefficient (Wildman–Crippen LogP) is 4.59. The molecule has 0 bridgehead atoms. The Morgan fingerprint density at radius 3 is 2.55 bits per heavy atom. The summed E-state index contributed by atoms with van der Waals surface area (Å²) in [6, 6.07) is 9.50. The molecule has 1 saturated heterocycles. The van der Waals surface area contributed by atoms with Crippen LogP contribution in [0.1, 0.15) is 29.1 Å². The van der Waals surface area contributed by atoms with E-state index >= 15 is 0 Å². The van der Waals surface area contributed by atoms with Crippen molar-refractivity contribution in [3.05, 3.63) is 46.6 Å². The van der Waals surface area contributed by atoms with E-state index in [2.05, 4.69) is 29.1 Å². The summed E-state index contributed by atoms with van der Waals surface area (Å²) in [6.07, 6.45) is 1.38. The minimum atomic E-state index is -0.0579. The van der Waals surface area contributed by atoms with Crippen molar-refractivity contribution in [3.63, 3.8) is 0 Å². The third kappa shape index (κ3) is 4.91. The van der Waals surface area contributed by atoms with E-state index in [1.807, 2.05) is 42.2 Å². The number of nitrogens with zero attached hydrogens (tertiary/aromatic N) is 3. The summed E-state index contributed by atoms with van der Waals surface area (Å²) >= 11 is 3.16. The first-order valence-electron chi connectivity index (χ1n) is 10.4. The summed E-state index contributed by atoms with van der Waals surface area (Å²) < 4.78 is 0. The number of aryl methyl sites for hydroxylation is 3. The number of anilines is 1. The monoisotopic (exact) mass is 454 g/mol. The van der Waals surface area contributed by atoms with Gasteiger partial charge in [-0.15, -0.1) is 11.3 Å². The second-order valence-corrected chi connectivity index (χ2v) is 10.0. The van der Waals surface area contributed by atoms with E-state index in [4.69, 9.17) is 0 Å². The molecule has 1 aromatic carbocycles. The number of likely N-dealkylation sites (tertiary alicyclic amines) is 1. The van der Waals surface area contributed by atoms with Crippen molar-refractivity contribution < 1.29 is 9.59 Å². The summed E-state index contributed by atoms with van der Waals surface area (Å²) in [5.74, 6) is 1.16. The van der Waals surface area contributed by atoms with E-state index < -0.39 is 0 Å². The molecule has 2 amide bonds. The molecule has 1 fully saturated rings. The van der Waals surface area contributed by atoms with Crippen molar-refractivity contribution >= 4 is 50.8 Å². The summed E-state index contributed by atoms with van der Waals surface area (Å²) in [4.78, 5) is 38.6. The topological polar surface area (TPSA) is 75.2 Å². The Balaban J connectivity index is 1.33. The molecule has 8 heteroatoms. The average molecular weight is 455 g/mol. The number of carbonyl (C=O) groups excluding carboxylic acids is 2. The Morgan fingerprint density at radius 2 is 1.84 bits per heavy atom. The van der Waals surface area contributed by atoms with Crippen LogP contribution in [-0.4, -0.2) is 45.5 Å². The third-order valence-electron chi connectivity index (χ3n) is 5.70. The minimum absolute atomic E-state index is 0.0369. The molecule has 0 atom stereocenters. The number of amides is 2. The summed E-state index contributed by atoms with van der Waals surface area (Å²) in [6.45, 7) is 7.29. The number of thioether (sulfide) groups is 1. The van der Waals surface area contributed by atoms with Crippen LogP contribution in [-0.2, 0) is 9.59 Å². The standard InChI is InChI=1S/C23H26N4O2S2/c1-14-15(2)31-23-20(14)22(24-16(3)25-23)30-13-19(28)27-11-9-17(10-12-27)21(29)26-18-7-5-4-6-8-18/h4-8,17H,9-13H2,1-3H3,(H,26,29). The quantitative estimate of drug-likeness (QED) is 0.451. The molecule has 0 unspecified atom stereocenters. The SMILES string of the molecule is Cc1nc(SCC(=O)N2CCC(C(=O)Nc3ccccc3)CC2)c2c(C)c(C)sc2n1. The van der Waals surface area contributed by atoms with Crippen molar-refractivity contribution in [1.29, 1.82) is 0 Å². The van der Waals surface area contributed by atoms with Gasteiger partial charge in [-0.1, -0.05) is 30.0 Å². The first kappa shape index (κ1) is 21.8. The second kappa shape index (κ2) is 9.36. The van der Waals surface area contributed by atoms with E-state index in [0.29, 0.717) is 31.7 Å². The number of rotatable bonds is 5. The molecule has 0 radical (unpaired) electrons. The minimum Gasteiger partial charge on any atom is -0.342 e. The maximum Gasteiger partial charge on any atom is 0.232 e. The molecule has 6 nitrogen and oxygen atoms in total. The van der Waals surface area contributed by atoms with E-state index in [-0.39, 0.29) is 17.7 Å². The zero-order chi connectivity index (χ0) is 22.0. The largest absolute Gasteiger partial charge is 0.342 e. The first-order valence-corrected chi connectivity index (χ1v) is 12.2. The van der Waals surface area contributed by atoms with Crippen LogP contribution in [0, 0.1) is 26.7 Å². The van der Waals surface area contributed by atoms with E-state index in [1.54, 1.807) is 11.3 Å². The summed E-state index contributed by atoms with van der Waals surface area (Å²) in [5, 5.41) is 4.93. The van der Waals surface area contributed by atoms with Gasteiger partial charge in [0.05, 0.1) is 5.75 Å². The highest BCUT2D eigenvalue weighted by Crippen LogP contribution is 2.35. The maximum absolute atomic E-state index is 12.8. The molecule has 1 aliphatic heterocycles. The number of nitrogens with one attached hydrogen (secondary N) is 1. The number of thiophene rings is 1. The molecule has 0 saturated carbocycles. The normalized spacial score (nSPS) is 14.7. The highest BCUT2D eigenvalue weighted by molar-refractivity contribution is 8.00. The van der Waals surface area contributed by atoms with Crippen molar-refractivity contribution in [1.82, 2.24) is 14.9 Å². The average Bonchev–Trinajstić information content (AvgIpc) is 3.05. The third-order valence-corrected chi connectivity index (χ3v) is 7.76. The van der Waals surface area contributed by atoms with Crippen molar-refractivity contribution in [2.75, 3.05) is 24.2 Å². The lowest BCUT2D eigenvalue weighted by Gasteiger charge is -2.31. The number of piperidine rings is 1. The Bertz CT molecular complexity index is 1110. The Morgan fingerprint density at radius 1 is 1.13 bits per heavy atom. The van der Waals surface area contributed by atoms with E-state index in [1.165, 1.54) is 22.2 Å². The van der Waals surface area contributed by atoms with Crippen molar-refractivity contribution in [2.45, 2.75) is 38.6 Å². The molecular formula is C23H26N4O2S2. The zero-order valence-corrected chi connectivity index (χ0v) is 19.6. The van der Waals surface area contributed by atoms with Gasteiger partial charge >= 0.3 is 0 Å². The van der Waals surface area contributed by atoms with Crippen LogP contribution in [0.25, 0.3) is 10.2 Å². The number of para-hydroxylation sites is 1.